The number of rotatable bonds is 7. The Hall–Kier alpha value is -3.96. The molecule has 0 bridgehead atoms. The van der Waals surface area contributed by atoms with Gasteiger partial charge in [-0.1, -0.05) is 0 Å². The van der Waals surface area contributed by atoms with Crippen LogP contribution in [0.1, 0.15) is 53.6 Å². The summed E-state index contributed by atoms with van der Waals surface area (Å²) in [6.45, 7) is 3.48. The van der Waals surface area contributed by atoms with Gasteiger partial charge < -0.3 is 25.6 Å². The van der Waals surface area contributed by atoms with Crippen molar-refractivity contribution in [3.63, 3.8) is 0 Å². The minimum absolute atomic E-state index is 0.0246. The topological polar surface area (TPSA) is 173 Å². The third-order valence-corrected chi connectivity index (χ3v) is 6.11. The number of carbonyl (C=O) groups excluding carboxylic acids is 5. The first-order valence-electron chi connectivity index (χ1n) is 11.2. The number of fused-ring (bicyclic) bond motifs is 1. The second kappa shape index (κ2) is 10.5. The predicted molar refractivity (Wildman–Crippen MR) is 120 cm³/mol. The number of aryl methyl sites for hydroxylation is 2. The Labute approximate surface area is 201 Å². The summed E-state index contributed by atoms with van der Waals surface area (Å²) in [7, 11) is 0. The van der Waals surface area contributed by atoms with E-state index >= 15 is 0 Å². The number of benzene rings is 1. The SMILES string of the molecule is Cc1cc(C(=O)N[C@H]2CCC(=O)N3CCC[C@@H](C(=O)N[C@H](C=O)CC(=O)O)N3C2=O)cc(C)c1O. The Morgan fingerprint density at radius 3 is 2.43 bits per heavy atom. The molecule has 1 aromatic carbocycles. The number of phenolic OH excluding ortho intramolecular Hbond substituents is 1. The number of aromatic hydroxyl groups is 1. The number of carboxylic acids is 1. The third kappa shape index (κ3) is 5.58. The summed E-state index contributed by atoms with van der Waals surface area (Å²) >= 11 is 0. The molecule has 3 rings (SSSR count). The standard InChI is InChI=1S/C23H28N4O8/c1-12-8-14(9-13(2)20(12)32)21(33)25-16-5-6-18(29)26-7-3-4-17(27(26)23(16)35)22(34)24-15(11-28)10-19(30)31/h8-9,11,15-17,32H,3-7,10H2,1-2H3,(H,24,34)(H,25,33)(H,30,31)/t15-,16-,17-/m0/s1. The lowest BCUT2D eigenvalue weighted by atomic mass is 10.0. The summed E-state index contributed by atoms with van der Waals surface area (Å²) in [4.78, 5) is 74.2. The molecule has 3 atom stereocenters. The molecule has 12 nitrogen and oxygen atoms in total. The zero-order valence-electron chi connectivity index (χ0n) is 19.4. The molecule has 0 radical (unpaired) electrons. The smallest absolute Gasteiger partial charge is 0.305 e. The molecule has 0 unspecified atom stereocenters. The highest BCUT2D eigenvalue weighted by molar-refractivity contribution is 6.00. The Bertz CT molecular complexity index is 1050. The van der Waals surface area contributed by atoms with Crippen molar-refractivity contribution in [3.05, 3.63) is 28.8 Å². The molecule has 2 saturated heterocycles. The first-order chi connectivity index (χ1) is 16.5. The van der Waals surface area contributed by atoms with E-state index in [0.29, 0.717) is 23.8 Å². The van der Waals surface area contributed by atoms with Crippen molar-refractivity contribution in [2.24, 2.45) is 0 Å². The number of hydrogen-bond donors (Lipinski definition) is 4. The predicted octanol–water partition coefficient (Wildman–Crippen LogP) is -0.206. The van der Waals surface area contributed by atoms with Gasteiger partial charge in [-0.15, -0.1) is 0 Å². The largest absolute Gasteiger partial charge is 0.507 e. The zero-order valence-corrected chi connectivity index (χ0v) is 19.4. The van der Waals surface area contributed by atoms with Crippen LogP contribution in [0, 0.1) is 13.8 Å². The Balaban J connectivity index is 1.83. The maximum absolute atomic E-state index is 13.5. The van der Waals surface area contributed by atoms with Crippen LogP contribution < -0.4 is 10.6 Å². The second-order valence-corrected chi connectivity index (χ2v) is 8.73. The van der Waals surface area contributed by atoms with Crippen molar-refractivity contribution >= 4 is 35.9 Å². The fourth-order valence-electron chi connectivity index (χ4n) is 4.33. The van der Waals surface area contributed by atoms with Crippen molar-refractivity contribution in [2.75, 3.05) is 6.54 Å². The Morgan fingerprint density at radius 2 is 1.83 bits per heavy atom. The van der Waals surface area contributed by atoms with Gasteiger partial charge in [-0.2, -0.15) is 0 Å². The summed E-state index contributed by atoms with van der Waals surface area (Å²) in [6.07, 6.45) is 0.273. The molecule has 4 amide bonds. The monoisotopic (exact) mass is 488 g/mol. The van der Waals surface area contributed by atoms with E-state index in [-0.39, 0.29) is 43.0 Å². The van der Waals surface area contributed by atoms with Gasteiger partial charge >= 0.3 is 5.97 Å². The Morgan fingerprint density at radius 1 is 1.17 bits per heavy atom. The van der Waals surface area contributed by atoms with Crippen LogP contribution in [-0.2, 0) is 24.0 Å². The van der Waals surface area contributed by atoms with Gasteiger partial charge in [-0.05, 0) is 56.4 Å². The van der Waals surface area contributed by atoms with E-state index in [1.165, 1.54) is 17.1 Å². The van der Waals surface area contributed by atoms with E-state index < -0.39 is 48.2 Å². The summed E-state index contributed by atoms with van der Waals surface area (Å²) < 4.78 is 0. The zero-order chi connectivity index (χ0) is 25.9. The highest BCUT2D eigenvalue weighted by atomic mass is 16.4. The number of phenols is 1. The van der Waals surface area contributed by atoms with Crippen molar-refractivity contribution in [1.82, 2.24) is 20.7 Å². The van der Waals surface area contributed by atoms with Crippen LogP contribution in [0.4, 0.5) is 0 Å². The number of hydrogen-bond acceptors (Lipinski definition) is 7. The number of amides is 4. The lowest BCUT2D eigenvalue weighted by molar-refractivity contribution is -0.176. The van der Waals surface area contributed by atoms with Crippen LogP contribution >= 0.6 is 0 Å². The van der Waals surface area contributed by atoms with E-state index in [0.717, 1.165) is 5.01 Å². The van der Waals surface area contributed by atoms with E-state index in [4.69, 9.17) is 5.11 Å². The van der Waals surface area contributed by atoms with Gasteiger partial charge in [0.1, 0.15) is 24.1 Å². The molecule has 1 aromatic rings. The molecular formula is C23H28N4O8. The molecular weight excluding hydrogens is 460 g/mol. The number of carboxylic acid groups (broad SMARTS) is 1. The van der Waals surface area contributed by atoms with Crippen LogP contribution in [-0.4, -0.2) is 80.8 Å². The maximum Gasteiger partial charge on any atom is 0.305 e. The van der Waals surface area contributed by atoms with E-state index in [2.05, 4.69) is 10.6 Å². The number of aliphatic carboxylic acids is 1. The van der Waals surface area contributed by atoms with Crippen LogP contribution in [0.15, 0.2) is 12.1 Å². The summed E-state index contributed by atoms with van der Waals surface area (Å²) in [6, 6.07) is -0.567. The van der Waals surface area contributed by atoms with Crippen LogP contribution in [0.25, 0.3) is 0 Å². The highest BCUT2D eigenvalue weighted by Crippen LogP contribution is 2.26. The molecule has 0 spiro atoms. The van der Waals surface area contributed by atoms with Gasteiger partial charge in [0.05, 0.1) is 12.5 Å². The molecule has 188 valence electrons. The molecule has 0 aromatic heterocycles. The first kappa shape index (κ1) is 25.7. The van der Waals surface area contributed by atoms with Crippen LogP contribution in [0.3, 0.4) is 0 Å². The van der Waals surface area contributed by atoms with Crippen LogP contribution in [0.2, 0.25) is 0 Å². The van der Waals surface area contributed by atoms with Gasteiger partial charge in [0.25, 0.3) is 11.8 Å². The van der Waals surface area contributed by atoms with Gasteiger partial charge in [0, 0.05) is 18.5 Å². The minimum Gasteiger partial charge on any atom is -0.507 e. The van der Waals surface area contributed by atoms with Crippen molar-refractivity contribution in [1.29, 1.82) is 0 Å². The fourth-order valence-corrected chi connectivity index (χ4v) is 4.33. The fraction of sp³-hybridized carbons (Fsp3) is 0.478. The van der Waals surface area contributed by atoms with Gasteiger partial charge in [-0.25, -0.2) is 5.01 Å². The minimum atomic E-state index is -1.29. The lowest BCUT2D eigenvalue weighted by Gasteiger charge is -2.43. The van der Waals surface area contributed by atoms with Crippen molar-refractivity contribution in [3.8, 4) is 5.75 Å². The molecule has 2 aliphatic heterocycles. The molecule has 35 heavy (non-hydrogen) atoms. The maximum atomic E-state index is 13.5. The normalized spacial score (nSPS) is 21.0. The second-order valence-electron chi connectivity index (χ2n) is 8.73. The summed E-state index contributed by atoms with van der Waals surface area (Å²) in [5.41, 5.74) is 1.21. The van der Waals surface area contributed by atoms with E-state index in [1.54, 1.807) is 13.8 Å². The number of nitrogens with zero attached hydrogens (tertiary/aromatic N) is 2. The quantitative estimate of drug-likeness (QED) is 0.382. The molecule has 2 heterocycles. The Kier molecular flexibility index (Phi) is 7.72. The molecule has 0 aliphatic carbocycles. The van der Waals surface area contributed by atoms with Gasteiger partial charge in [0.2, 0.25) is 11.8 Å². The average Bonchev–Trinajstić information content (AvgIpc) is 2.93. The van der Waals surface area contributed by atoms with Crippen LogP contribution in [0.5, 0.6) is 5.75 Å². The average molecular weight is 488 g/mol. The molecule has 2 fully saturated rings. The first-order valence-corrected chi connectivity index (χ1v) is 11.2. The van der Waals surface area contributed by atoms with Gasteiger partial charge in [0.15, 0.2) is 0 Å². The number of nitrogens with one attached hydrogen (secondary N) is 2. The third-order valence-electron chi connectivity index (χ3n) is 6.11. The summed E-state index contributed by atoms with van der Waals surface area (Å²) in [5, 5.41) is 26.0. The summed E-state index contributed by atoms with van der Waals surface area (Å²) in [5.74, 6) is -3.59. The number of hydrazine groups is 1. The lowest BCUT2D eigenvalue weighted by Crippen LogP contribution is -2.64. The molecule has 4 N–H and O–H groups in total. The number of carbonyl (C=O) groups is 6. The highest BCUT2D eigenvalue weighted by Gasteiger charge is 2.45. The molecule has 12 heteroatoms. The van der Waals surface area contributed by atoms with Crippen molar-refractivity contribution in [2.45, 2.75) is 64.1 Å². The van der Waals surface area contributed by atoms with E-state index in [9.17, 15) is 33.9 Å². The van der Waals surface area contributed by atoms with Crippen molar-refractivity contribution < 1.29 is 39.0 Å². The number of aldehydes is 1. The molecule has 0 saturated carbocycles. The van der Waals surface area contributed by atoms with Gasteiger partial charge in [-0.3, -0.25) is 29.0 Å². The van der Waals surface area contributed by atoms with E-state index in [1.807, 2.05) is 0 Å². The molecule has 2 aliphatic rings.